The number of halogens is 1. The third-order valence-corrected chi connectivity index (χ3v) is 5.18. The van der Waals surface area contributed by atoms with Crippen molar-refractivity contribution < 1.29 is 0 Å². The Kier molecular flexibility index (Phi) is 5.42. The van der Waals surface area contributed by atoms with Crippen molar-refractivity contribution in [2.45, 2.75) is 65.2 Å². The Bertz CT molecular complexity index is 502. The van der Waals surface area contributed by atoms with E-state index in [1.54, 1.807) is 0 Å². The standard InChI is InChI=1S/C16H25BrN2O/c1-4-11-5-7-12(8-6-11)15-18-13(9-10(2)3)14(17)16(20)19-15/h10-12H,4-9H2,1-3H3,(H,18,19,20). The van der Waals surface area contributed by atoms with Gasteiger partial charge in [0.25, 0.3) is 5.56 Å². The molecule has 2 rings (SSSR count). The molecule has 1 aliphatic rings. The molecule has 1 saturated carbocycles. The van der Waals surface area contributed by atoms with Crippen molar-refractivity contribution in [2.24, 2.45) is 11.8 Å². The normalized spacial score (nSPS) is 23.2. The van der Waals surface area contributed by atoms with Gasteiger partial charge in [0.15, 0.2) is 0 Å². The molecule has 0 spiro atoms. The lowest BCUT2D eigenvalue weighted by atomic mass is 9.80. The predicted octanol–water partition coefficient (Wildman–Crippen LogP) is 4.41. The van der Waals surface area contributed by atoms with Crippen molar-refractivity contribution in [3.63, 3.8) is 0 Å². The SMILES string of the molecule is CCC1CCC(c2nc(CC(C)C)c(Br)c(=O)[nH]2)CC1. The molecule has 0 atom stereocenters. The van der Waals surface area contributed by atoms with E-state index in [4.69, 9.17) is 4.98 Å². The fourth-order valence-corrected chi connectivity index (χ4v) is 3.43. The molecule has 0 unspecified atom stereocenters. The van der Waals surface area contributed by atoms with Gasteiger partial charge in [-0.1, -0.05) is 27.2 Å². The van der Waals surface area contributed by atoms with Crippen LogP contribution in [-0.4, -0.2) is 9.97 Å². The molecule has 1 N–H and O–H groups in total. The van der Waals surface area contributed by atoms with E-state index in [9.17, 15) is 4.79 Å². The van der Waals surface area contributed by atoms with Crippen LogP contribution in [-0.2, 0) is 6.42 Å². The molecule has 112 valence electrons. The summed E-state index contributed by atoms with van der Waals surface area (Å²) in [7, 11) is 0. The van der Waals surface area contributed by atoms with E-state index in [2.05, 4.69) is 41.7 Å². The summed E-state index contributed by atoms with van der Waals surface area (Å²) >= 11 is 3.38. The highest BCUT2D eigenvalue weighted by molar-refractivity contribution is 9.10. The van der Waals surface area contributed by atoms with Gasteiger partial charge < -0.3 is 4.98 Å². The summed E-state index contributed by atoms with van der Waals surface area (Å²) in [6, 6.07) is 0. The van der Waals surface area contributed by atoms with E-state index in [0.29, 0.717) is 16.3 Å². The highest BCUT2D eigenvalue weighted by Gasteiger charge is 2.24. The summed E-state index contributed by atoms with van der Waals surface area (Å²) < 4.78 is 0.609. The first-order valence-corrected chi connectivity index (χ1v) is 8.59. The van der Waals surface area contributed by atoms with E-state index >= 15 is 0 Å². The van der Waals surface area contributed by atoms with Crippen molar-refractivity contribution in [1.29, 1.82) is 0 Å². The van der Waals surface area contributed by atoms with Gasteiger partial charge in [-0.3, -0.25) is 4.79 Å². The summed E-state index contributed by atoms with van der Waals surface area (Å²) in [5, 5.41) is 0. The van der Waals surface area contributed by atoms with Gasteiger partial charge in [-0.25, -0.2) is 4.98 Å². The quantitative estimate of drug-likeness (QED) is 0.881. The summed E-state index contributed by atoms with van der Waals surface area (Å²) in [4.78, 5) is 19.8. The molecular weight excluding hydrogens is 316 g/mol. The van der Waals surface area contributed by atoms with Crippen LogP contribution >= 0.6 is 15.9 Å². The zero-order valence-corrected chi connectivity index (χ0v) is 14.3. The Morgan fingerprint density at radius 3 is 2.50 bits per heavy atom. The molecule has 0 aliphatic heterocycles. The molecule has 0 saturated heterocycles. The maximum atomic E-state index is 12.1. The van der Waals surface area contributed by atoms with Gasteiger partial charge in [0.2, 0.25) is 0 Å². The monoisotopic (exact) mass is 340 g/mol. The van der Waals surface area contributed by atoms with Crippen LogP contribution in [0.2, 0.25) is 0 Å². The Hall–Kier alpha value is -0.640. The predicted molar refractivity (Wildman–Crippen MR) is 86.1 cm³/mol. The number of hydrogen-bond acceptors (Lipinski definition) is 2. The van der Waals surface area contributed by atoms with Crippen LogP contribution in [0.1, 0.15) is 70.3 Å². The molecule has 0 bridgehead atoms. The molecule has 0 radical (unpaired) electrons. The number of H-pyrrole nitrogens is 1. The molecule has 1 fully saturated rings. The van der Waals surface area contributed by atoms with E-state index in [1.165, 1.54) is 19.3 Å². The topological polar surface area (TPSA) is 45.8 Å². The van der Waals surface area contributed by atoms with Gasteiger partial charge in [0, 0.05) is 5.92 Å². The Labute approximate surface area is 129 Å². The molecule has 1 aromatic heterocycles. The molecule has 1 heterocycles. The van der Waals surface area contributed by atoms with E-state index < -0.39 is 0 Å². The molecule has 1 aliphatic carbocycles. The van der Waals surface area contributed by atoms with Gasteiger partial charge in [-0.15, -0.1) is 0 Å². The number of hydrogen-bond donors (Lipinski definition) is 1. The van der Waals surface area contributed by atoms with Gasteiger partial charge in [0.05, 0.1) is 5.69 Å². The number of rotatable bonds is 4. The highest BCUT2D eigenvalue weighted by atomic mass is 79.9. The van der Waals surface area contributed by atoms with Gasteiger partial charge in [-0.2, -0.15) is 0 Å². The van der Waals surface area contributed by atoms with E-state index in [0.717, 1.165) is 36.7 Å². The second-order valence-electron chi connectivity index (χ2n) is 6.44. The third kappa shape index (κ3) is 3.72. The average Bonchev–Trinajstić information content (AvgIpc) is 2.43. The second-order valence-corrected chi connectivity index (χ2v) is 7.23. The smallest absolute Gasteiger partial charge is 0.265 e. The van der Waals surface area contributed by atoms with Crippen molar-refractivity contribution in [2.75, 3.05) is 0 Å². The third-order valence-electron chi connectivity index (χ3n) is 4.36. The second kappa shape index (κ2) is 6.88. The number of aromatic amines is 1. The van der Waals surface area contributed by atoms with E-state index in [1.807, 2.05) is 0 Å². The Balaban J connectivity index is 2.20. The van der Waals surface area contributed by atoms with Crippen LogP contribution in [0.15, 0.2) is 9.27 Å². The minimum atomic E-state index is -0.0248. The number of nitrogens with one attached hydrogen (secondary N) is 1. The maximum absolute atomic E-state index is 12.1. The van der Waals surface area contributed by atoms with Crippen molar-refractivity contribution >= 4 is 15.9 Å². The average molecular weight is 341 g/mol. The maximum Gasteiger partial charge on any atom is 0.265 e. The van der Waals surface area contributed by atoms with E-state index in [-0.39, 0.29) is 5.56 Å². The van der Waals surface area contributed by atoms with Gasteiger partial charge >= 0.3 is 0 Å². The summed E-state index contributed by atoms with van der Waals surface area (Å²) in [5.41, 5.74) is 0.889. The van der Waals surface area contributed by atoms with Crippen molar-refractivity contribution in [1.82, 2.24) is 9.97 Å². The van der Waals surface area contributed by atoms with Gasteiger partial charge in [-0.05, 0) is 59.9 Å². The fourth-order valence-electron chi connectivity index (χ4n) is 3.08. The highest BCUT2D eigenvalue weighted by Crippen LogP contribution is 2.35. The van der Waals surface area contributed by atoms with Crippen LogP contribution in [0.3, 0.4) is 0 Å². The fraction of sp³-hybridized carbons (Fsp3) is 0.750. The number of aromatic nitrogens is 2. The first kappa shape index (κ1) is 15.7. The first-order valence-electron chi connectivity index (χ1n) is 7.79. The number of nitrogens with zero attached hydrogens (tertiary/aromatic N) is 1. The molecule has 1 aromatic rings. The molecular formula is C16H25BrN2O. The van der Waals surface area contributed by atoms with Crippen LogP contribution in [0.5, 0.6) is 0 Å². The van der Waals surface area contributed by atoms with Crippen LogP contribution < -0.4 is 5.56 Å². The molecule has 4 heteroatoms. The zero-order valence-electron chi connectivity index (χ0n) is 12.7. The summed E-state index contributed by atoms with van der Waals surface area (Å²) in [6.45, 7) is 6.58. The first-order chi connectivity index (χ1) is 9.51. The van der Waals surface area contributed by atoms with Crippen LogP contribution in [0, 0.1) is 11.8 Å². The largest absolute Gasteiger partial charge is 0.309 e. The molecule has 0 amide bonds. The van der Waals surface area contributed by atoms with Crippen molar-refractivity contribution in [3.05, 3.63) is 26.3 Å². The lowest BCUT2D eigenvalue weighted by molar-refractivity contribution is 0.311. The van der Waals surface area contributed by atoms with Crippen LogP contribution in [0.4, 0.5) is 0 Å². The summed E-state index contributed by atoms with van der Waals surface area (Å²) in [6.07, 6.45) is 6.96. The zero-order chi connectivity index (χ0) is 14.7. The lowest BCUT2D eigenvalue weighted by Gasteiger charge is -2.27. The summed E-state index contributed by atoms with van der Waals surface area (Å²) in [5.74, 6) is 2.71. The van der Waals surface area contributed by atoms with Crippen molar-refractivity contribution in [3.8, 4) is 0 Å². The Morgan fingerprint density at radius 1 is 1.30 bits per heavy atom. The lowest BCUT2D eigenvalue weighted by Crippen LogP contribution is -2.21. The minimum Gasteiger partial charge on any atom is -0.309 e. The minimum absolute atomic E-state index is 0.0248. The Morgan fingerprint density at radius 2 is 1.95 bits per heavy atom. The molecule has 0 aromatic carbocycles. The van der Waals surface area contributed by atoms with Gasteiger partial charge in [0.1, 0.15) is 10.3 Å². The molecule has 20 heavy (non-hydrogen) atoms. The van der Waals surface area contributed by atoms with Crippen LogP contribution in [0.25, 0.3) is 0 Å². The molecule has 3 nitrogen and oxygen atoms in total.